The molecule has 0 aromatic carbocycles. The standard InChI is InChI=1S/C6H13O9P/c7-3-1-14-6(10,5(9)4(3)8)2-15-16(11,12)13/h3-5,7-10H,1-2H2,(H2,11,12,13)/t3-,4-,5+,6?/m0/s1. The number of ether oxygens (including phenoxy) is 1. The van der Waals surface area contributed by atoms with E-state index in [2.05, 4.69) is 9.26 Å². The third-order valence-corrected chi connectivity index (χ3v) is 2.59. The van der Waals surface area contributed by atoms with Gasteiger partial charge in [0.1, 0.15) is 24.9 Å². The van der Waals surface area contributed by atoms with Crippen LogP contribution in [0.2, 0.25) is 0 Å². The maximum Gasteiger partial charge on any atom is 0.469 e. The molecule has 1 aliphatic rings. The number of aliphatic hydroxyl groups excluding tert-OH is 3. The van der Waals surface area contributed by atoms with Crippen molar-refractivity contribution in [3.8, 4) is 0 Å². The Morgan fingerprint density at radius 2 is 1.94 bits per heavy atom. The van der Waals surface area contributed by atoms with Gasteiger partial charge in [0, 0.05) is 0 Å². The van der Waals surface area contributed by atoms with Gasteiger partial charge in [0.2, 0.25) is 5.79 Å². The summed E-state index contributed by atoms with van der Waals surface area (Å²) in [6.07, 6.45) is -5.03. The minimum absolute atomic E-state index is 0.501. The lowest BCUT2D eigenvalue weighted by molar-refractivity contribution is -0.329. The van der Waals surface area contributed by atoms with Crippen molar-refractivity contribution >= 4 is 7.82 Å². The highest BCUT2D eigenvalue weighted by Gasteiger charge is 2.49. The third kappa shape index (κ3) is 3.20. The highest BCUT2D eigenvalue weighted by molar-refractivity contribution is 7.46. The van der Waals surface area contributed by atoms with Crippen molar-refractivity contribution in [2.24, 2.45) is 0 Å². The average Bonchev–Trinajstić information content (AvgIpc) is 2.18. The third-order valence-electron chi connectivity index (χ3n) is 2.12. The lowest BCUT2D eigenvalue weighted by atomic mass is 9.98. The first-order valence-electron chi connectivity index (χ1n) is 4.26. The minimum Gasteiger partial charge on any atom is -0.388 e. The Balaban J connectivity index is 2.66. The van der Waals surface area contributed by atoms with Gasteiger partial charge in [-0.2, -0.15) is 0 Å². The molecular formula is C6H13O9P. The molecule has 10 heteroatoms. The summed E-state index contributed by atoms with van der Waals surface area (Å²) in [5, 5.41) is 37.2. The predicted molar refractivity (Wildman–Crippen MR) is 46.9 cm³/mol. The molecular weight excluding hydrogens is 247 g/mol. The zero-order valence-corrected chi connectivity index (χ0v) is 8.90. The van der Waals surface area contributed by atoms with Gasteiger partial charge >= 0.3 is 7.82 Å². The van der Waals surface area contributed by atoms with Gasteiger partial charge in [-0.1, -0.05) is 0 Å². The molecule has 4 atom stereocenters. The molecule has 1 rings (SSSR count). The van der Waals surface area contributed by atoms with Crippen LogP contribution in [-0.2, 0) is 13.8 Å². The summed E-state index contributed by atoms with van der Waals surface area (Å²) in [7, 11) is -4.83. The molecule has 1 aliphatic heterocycles. The topological polar surface area (TPSA) is 157 Å². The second-order valence-corrected chi connectivity index (χ2v) is 4.66. The molecule has 0 aromatic heterocycles. The highest BCUT2D eigenvalue weighted by atomic mass is 31.2. The molecule has 1 saturated heterocycles. The Hall–Kier alpha value is -0.0900. The van der Waals surface area contributed by atoms with E-state index < -0.39 is 45.1 Å². The molecule has 6 N–H and O–H groups in total. The van der Waals surface area contributed by atoms with Crippen molar-refractivity contribution in [3.63, 3.8) is 0 Å². The van der Waals surface area contributed by atoms with E-state index >= 15 is 0 Å². The smallest absolute Gasteiger partial charge is 0.388 e. The van der Waals surface area contributed by atoms with E-state index in [-0.39, 0.29) is 0 Å². The molecule has 1 heterocycles. The zero-order chi connectivity index (χ0) is 12.6. The van der Waals surface area contributed by atoms with Crippen molar-refractivity contribution in [3.05, 3.63) is 0 Å². The summed E-state index contributed by atoms with van der Waals surface area (Å²) in [6.45, 7) is -1.54. The van der Waals surface area contributed by atoms with Gasteiger partial charge < -0.3 is 34.9 Å². The summed E-state index contributed by atoms with van der Waals surface area (Å²) in [5.41, 5.74) is 0. The van der Waals surface area contributed by atoms with E-state index in [9.17, 15) is 19.9 Å². The number of aliphatic hydroxyl groups is 4. The average molecular weight is 260 g/mol. The number of hydrogen-bond acceptors (Lipinski definition) is 7. The molecule has 0 saturated carbocycles. The van der Waals surface area contributed by atoms with Crippen LogP contribution in [0.4, 0.5) is 0 Å². The van der Waals surface area contributed by atoms with Gasteiger partial charge in [-0.25, -0.2) is 4.57 Å². The SMILES string of the molecule is O=P(O)(O)OCC1(O)OC[C@H](O)[C@H](O)[C@H]1O. The van der Waals surface area contributed by atoms with Crippen LogP contribution in [0.5, 0.6) is 0 Å². The maximum atomic E-state index is 10.4. The fourth-order valence-corrected chi connectivity index (χ4v) is 1.55. The van der Waals surface area contributed by atoms with Gasteiger partial charge in [-0.15, -0.1) is 0 Å². The monoisotopic (exact) mass is 260 g/mol. The molecule has 0 aliphatic carbocycles. The minimum atomic E-state index is -4.83. The van der Waals surface area contributed by atoms with Crippen LogP contribution in [0, 0.1) is 0 Å². The summed E-state index contributed by atoms with van der Waals surface area (Å²) in [5.74, 6) is -2.47. The van der Waals surface area contributed by atoms with E-state index in [4.69, 9.17) is 14.9 Å². The Bertz CT molecular complexity index is 290. The van der Waals surface area contributed by atoms with Crippen LogP contribution in [0.25, 0.3) is 0 Å². The molecule has 0 aromatic rings. The summed E-state index contributed by atoms with van der Waals surface area (Å²) in [6, 6.07) is 0. The lowest BCUT2D eigenvalue weighted by Crippen LogP contribution is -2.62. The molecule has 1 unspecified atom stereocenters. The summed E-state index contributed by atoms with van der Waals surface area (Å²) >= 11 is 0. The Labute approximate surface area is 90.1 Å². The van der Waals surface area contributed by atoms with Gasteiger partial charge in [0.05, 0.1) is 6.61 Å². The molecule has 1 fully saturated rings. The number of rotatable bonds is 3. The molecule has 16 heavy (non-hydrogen) atoms. The van der Waals surface area contributed by atoms with Gasteiger partial charge in [-0.3, -0.25) is 4.52 Å². The maximum absolute atomic E-state index is 10.4. The summed E-state index contributed by atoms with van der Waals surface area (Å²) in [4.78, 5) is 16.8. The fraction of sp³-hybridized carbons (Fsp3) is 1.00. The first kappa shape index (κ1) is 14.0. The molecule has 9 nitrogen and oxygen atoms in total. The van der Waals surface area contributed by atoms with Crippen LogP contribution >= 0.6 is 7.82 Å². The Morgan fingerprint density at radius 1 is 1.38 bits per heavy atom. The second kappa shape index (κ2) is 4.65. The summed E-state index contributed by atoms with van der Waals surface area (Å²) < 4.78 is 18.9. The zero-order valence-electron chi connectivity index (χ0n) is 8.00. The van der Waals surface area contributed by atoms with Gasteiger partial charge in [-0.05, 0) is 0 Å². The van der Waals surface area contributed by atoms with Gasteiger partial charge in [0.15, 0.2) is 0 Å². The number of hydrogen-bond donors (Lipinski definition) is 6. The highest BCUT2D eigenvalue weighted by Crippen LogP contribution is 2.38. The molecule has 0 amide bonds. The van der Waals surface area contributed by atoms with Crippen LogP contribution in [0.3, 0.4) is 0 Å². The normalized spacial score (nSPS) is 41.0. The van der Waals surface area contributed by atoms with E-state index in [0.717, 1.165) is 0 Å². The fourth-order valence-electron chi connectivity index (χ4n) is 1.19. The lowest BCUT2D eigenvalue weighted by Gasteiger charge is -2.41. The molecule has 0 bridgehead atoms. The number of phosphoric ester groups is 1. The van der Waals surface area contributed by atoms with Crippen LogP contribution < -0.4 is 0 Å². The van der Waals surface area contributed by atoms with Gasteiger partial charge in [0.25, 0.3) is 0 Å². The van der Waals surface area contributed by atoms with Crippen LogP contribution in [0.15, 0.2) is 0 Å². The van der Waals surface area contributed by atoms with Crippen LogP contribution in [-0.4, -0.2) is 67.5 Å². The van der Waals surface area contributed by atoms with Crippen LogP contribution in [0.1, 0.15) is 0 Å². The molecule has 96 valence electrons. The second-order valence-electron chi connectivity index (χ2n) is 3.42. The van der Waals surface area contributed by atoms with E-state index in [1.807, 2.05) is 0 Å². The molecule has 0 radical (unpaired) electrons. The Kier molecular flexibility index (Phi) is 4.06. The van der Waals surface area contributed by atoms with Crippen molar-refractivity contribution in [1.29, 1.82) is 0 Å². The van der Waals surface area contributed by atoms with Crippen molar-refractivity contribution < 1.29 is 44.0 Å². The first-order valence-corrected chi connectivity index (χ1v) is 5.79. The van der Waals surface area contributed by atoms with Crippen molar-refractivity contribution in [1.82, 2.24) is 0 Å². The largest absolute Gasteiger partial charge is 0.469 e. The van der Waals surface area contributed by atoms with Crippen molar-refractivity contribution in [2.45, 2.75) is 24.1 Å². The number of phosphoric acid groups is 1. The van der Waals surface area contributed by atoms with E-state index in [1.165, 1.54) is 0 Å². The Morgan fingerprint density at radius 3 is 2.44 bits per heavy atom. The van der Waals surface area contributed by atoms with E-state index in [1.54, 1.807) is 0 Å². The molecule has 0 spiro atoms. The quantitative estimate of drug-likeness (QED) is 0.289. The van der Waals surface area contributed by atoms with E-state index in [0.29, 0.717) is 0 Å². The predicted octanol–water partition coefficient (Wildman–Crippen LogP) is -3.10. The van der Waals surface area contributed by atoms with Crippen molar-refractivity contribution in [2.75, 3.05) is 13.2 Å². The first-order chi connectivity index (χ1) is 7.16.